The van der Waals surface area contributed by atoms with Gasteiger partial charge in [0.1, 0.15) is 0 Å². The SMILES string of the molecule is CCN(CC(=O)O)C1CCN(C(=O)c2ccc(-n3nccc3C)cc2)CC1. The van der Waals surface area contributed by atoms with Crippen LogP contribution >= 0.6 is 0 Å². The van der Waals surface area contributed by atoms with Gasteiger partial charge in [-0.15, -0.1) is 0 Å². The van der Waals surface area contributed by atoms with Gasteiger partial charge in [0, 0.05) is 36.6 Å². The number of carbonyl (C=O) groups excluding carboxylic acids is 1. The summed E-state index contributed by atoms with van der Waals surface area (Å²) in [5.41, 5.74) is 2.64. The number of likely N-dealkylation sites (N-methyl/N-ethyl adjacent to an activating group) is 1. The summed E-state index contributed by atoms with van der Waals surface area (Å²) in [6.07, 6.45) is 3.36. The predicted molar refractivity (Wildman–Crippen MR) is 102 cm³/mol. The van der Waals surface area contributed by atoms with Gasteiger partial charge in [-0.1, -0.05) is 6.92 Å². The van der Waals surface area contributed by atoms with Crippen molar-refractivity contribution in [2.45, 2.75) is 32.7 Å². The molecular weight excluding hydrogens is 344 g/mol. The molecular formula is C20H26N4O3. The Hall–Kier alpha value is -2.67. The normalized spacial score (nSPS) is 15.3. The van der Waals surface area contributed by atoms with E-state index in [0.29, 0.717) is 25.2 Å². The second-order valence-corrected chi connectivity index (χ2v) is 6.91. The highest BCUT2D eigenvalue weighted by molar-refractivity contribution is 5.94. The molecule has 1 aromatic heterocycles. The number of aromatic nitrogens is 2. The summed E-state index contributed by atoms with van der Waals surface area (Å²) in [6.45, 7) is 6.03. The molecule has 1 saturated heterocycles. The van der Waals surface area contributed by atoms with Gasteiger partial charge in [-0.05, 0) is 56.6 Å². The van der Waals surface area contributed by atoms with Gasteiger partial charge in [-0.2, -0.15) is 5.10 Å². The van der Waals surface area contributed by atoms with E-state index in [0.717, 1.165) is 24.2 Å². The third-order valence-electron chi connectivity index (χ3n) is 5.20. The van der Waals surface area contributed by atoms with E-state index in [2.05, 4.69) is 5.10 Å². The van der Waals surface area contributed by atoms with Crippen LogP contribution in [0.5, 0.6) is 0 Å². The van der Waals surface area contributed by atoms with Crippen LogP contribution in [0.1, 0.15) is 35.8 Å². The van der Waals surface area contributed by atoms with E-state index in [1.165, 1.54) is 0 Å². The van der Waals surface area contributed by atoms with Crippen molar-refractivity contribution in [2.75, 3.05) is 26.2 Å². The first kappa shape index (κ1) is 19.1. The molecule has 144 valence electrons. The average Bonchev–Trinajstić information content (AvgIpc) is 3.11. The standard InChI is InChI=1S/C20H26N4O3/c1-3-22(14-19(25)26)17-9-12-23(13-10-17)20(27)16-4-6-18(7-5-16)24-15(2)8-11-21-24/h4-8,11,17H,3,9-10,12-14H2,1-2H3,(H,25,26). The van der Waals surface area contributed by atoms with Crippen LogP contribution < -0.4 is 0 Å². The molecule has 7 heteroatoms. The number of hydrogen-bond acceptors (Lipinski definition) is 4. The number of carboxylic acids is 1. The first-order valence-corrected chi connectivity index (χ1v) is 9.35. The Morgan fingerprint density at radius 2 is 1.85 bits per heavy atom. The third kappa shape index (κ3) is 4.36. The molecule has 1 aliphatic rings. The smallest absolute Gasteiger partial charge is 0.317 e. The predicted octanol–water partition coefficient (Wildman–Crippen LogP) is 2.19. The number of carbonyl (C=O) groups is 2. The zero-order chi connectivity index (χ0) is 19.4. The highest BCUT2D eigenvalue weighted by atomic mass is 16.4. The number of carboxylic acid groups (broad SMARTS) is 1. The number of hydrogen-bond donors (Lipinski definition) is 1. The van der Waals surface area contributed by atoms with Crippen molar-refractivity contribution < 1.29 is 14.7 Å². The van der Waals surface area contributed by atoms with E-state index in [9.17, 15) is 9.59 Å². The molecule has 0 bridgehead atoms. The molecule has 1 amide bonds. The van der Waals surface area contributed by atoms with Crippen LogP contribution in [0.4, 0.5) is 0 Å². The first-order valence-electron chi connectivity index (χ1n) is 9.35. The van der Waals surface area contributed by atoms with Crippen molar-refractivity contribution in [3.05, 3.63) is 47.8 Å². The molecule has 0 aliphatic carbocycles. The lowest BCUT2D eigenvalue weighted by Gasteiger charge is -2.37. The number of nitrogens with zero attached hydrogens (tertiary/aromatic N) is 4. The lowest BCUT2D eigenvalue weighted by atomic mass is 10.0. The quantitative estimate of drug-likeness (QED) is 0.843. The summed E-state index contributed by atoms with van der Waals surface area (Å²) in [5.74, 6) is -0.777. The molecule has 0 spiro atoms. The van der Waals surface area contributed by atoms with Gasteiger partial charge in [0.25, 0.3) is 5.91 Å². The number of benzene rings is 1. The Morgan fingerprint density at radius 1 is 1.19 bits per heavy atom. The highest BCUT2D eigenvalue weighted by Crippen LogP contribution is 2.19. The number of aliphatic carboxylic acids is 1. The lowest BCUT2D eigenvalue weighted by molar-refractivity contribution is -0.139. The van der Waals surface area contributed by atoms with Crippen molar-refractivity contribution in [1.82, 2.24) is 19.6 Å². The van der Waals surface area contributed by atoms with E-state index >= 15 is 0 Å². The van der Waals surface area contributed by atoms with Gasteiger partial charge in [0.05, 0.1) is 12.2 Å². The zero-order valence-electron chi connectivity index (χ0n) is 15.8. The molecule has 27 heavy (non-hydrogen) atoms. The molecule has 1 aliphatic heterocycles. The van der Waals surface area contributed by atoms with Crippen molar-refractivity contribution in [3.8, 4) is 5.69 Å². The molecule has 2 aromatic rings. The maximum absolute atomic E-state index is 12.8. The van der Waals surface area contributed by atoms with Crippen LogP contribution in [0.3, 0.4) is 0 Å². The summed E-state index contributed by atoms with van der Waals surface area (Å²) in [6, 6.07) is 9.66. The Bertz CT molecular complexity index is 792. The number of rotatable bonds is 6. The van der Waals surface area contributed by atoms with Crippen LogP contribution in [0.25, 0.3) is 5.69 Å². The van der Waals surface area contributed by atoms with E-state index in [1.54, 1.807) is 6.20 Å². The lowest BCUT2D eigenvalue weighted by Crippen LogP contribution is -2.48. The van der Waals surface area contributed by atoms with Crippen molar-refractivity contribution in [2.24, 2.45) is 0 Å². The summed E-state index contributed by atoms with van der Waals surface area (Å²) in [5, 5.41) is 13.3. The summed E-state index contributed by atoms with van der Waals surface area (Å²) in [7, 11) is 0. The van der Waals surface area contributed by atoms with Gasteiger partial charge >= 0.3 is 5.97 Å². The molecule has 7 nitrogen and oxygen atoms in total. The average molecular weight is 370 g/mol. The Labute approximate surface area is 159 Å². The minimum Gasteiger partial charge on any atom is -0.480 e. The van der Waals surface area contributed by atoms with Gasteiger partial charge < -0.3 is 10.0 Å². The number of likely N-dealkylation sites (tertiary alicyclic amines) is 1. The minimum absolute atomic E-state index is 0.0264. The van der Waals surface area contributed by atoms with Gasteiger partial charge in [-0.3, -0.25) is 14.5 Å². The summed E-state index contributed by atoms with van der Waals surface area (Å²) >= 11 is 0. The Morgan fingerprint density at radius 3 is 2.37 bits per heavy atom. The second-order valence-electron chi connectivity index (χ2n) is 6.91. The highest BCUT2D eigenvalue weighted by Gasteiger charge is 2.27. The fourth-order valence-electron chi connectivity index (χ4n) is 3.67. The molecule has 1 N–H and O–H groups in total. The molecule has 2 heterocycles. The van der Waals surface area contributed by atoms with Crippen LogP contribution in [0, 0.1) is 6.92 Å². The molecule has 3 rings (SSSR count). The zero-order valence-corrected chi connectivity index (χ0v) is 15.8. The monoisotopic (exact) mass is 370 g/mol. The van der Waals surface area contributed by atoms with Gasteiger partial charge in [0.2, 0.25) is 0 Å². The fourth-order valence-corrected chi connectivity index (χ4v) is 3.67. The van der Waals surface area contributed by atoms with Crippen LogP contribution in [-0.4, -0.2) is 68.8 Å². The van der Waals surface area contributed by atoms with Crippen molar-refractivity contribution in [1.29, 1.82) is 0 Å². The first-order chi connectivity index (χ1) is 13.0. The largest absolute Gasteiger partial charge is 0.480 e. The second kappa shape index (κ2) is 8.35. The Balaban J connectivity index is 1.61. The molecule has 1 fully saturated rings. The molecule has 0 atom stereocenters. The minimum atomic E-state index is -0.803. The maximum Gasteiger partial charge on any atom is 0.317 e. The summed E-state index contributed by atoms with van der Waals surface area (Å²) < 4.78 is 1.83. The van der Waals surface area contributed by atoms with Crippen LogP contribution in [0.15, 0.2) is 36.5 Å². The van der Waals surface area contributed by atoms with Crippen LogP contribution in [0.2, 0.25) is 0 Å². The van der Waals surface area contributed by atoms with Crippen molar-refractivity contribution in [3.63, 3.8) is 0 Å². The van der Waals surface area contributed by atoms with Crippen molar-refractivity contribution >= 4 is 11.9 Å². The fraction of sp³-hybridized carbons (Fsp3) is 0.450. The van der Waals surface area contributed by atoms with E-state index < -0.39 is 5.97 Å². The molecule has 1 aromatic carbocycles. The molecule has 0 unspecified atom stereocenters. The Kier molecular flexibility index (Phi) is 5.91. The number of amides is 1. The molecule has 0 saturated carbocycles. The van der Waals surface area contributed by atoms with Crippen LogP contribution in [-0.2, 0) is 4.79 Å². The number of aryl methyl sites for hydroxylation is 1. The van der Waals surface area contributed by atoms with Gasteiger partial charge in [-0.25, -0.2) is 4.68 Å². The third-order valence-corrected chi connectivity index (χ3v) is 5.20. The summed E-state index contributed by atoms with van der Waals surface area (Å²) in [4.78, 5) is 27.6. The number of piperidine rings is 1. The topological polar surface area (TPSA) is 78.7 Å². The van der Waals surface area contributed by atoms with Gasteiger partial charge in [0.15, 0.2) is 0 Å². The maximum atomic E-state index is 12.8. The van der Waals surface area contributed by atoms with E-state index in [-0.39, 0.29) is 18.5 Å². The van der Waals surface area contributed by atoms with E-state index in [4.69, 9.17) is 5.11 Å². The van der Waals surface area contributed by atoms with E-state index in [1.807, 2.05) is 58.7 Å². The molecule has 0 radical (unpaired) electrons.